The highest BCUT2D eigenvalue weighted by Crippen LogP contribution is 2.21. The van der Waals surface area contributed by atoms with Crippen molar-refractivity contribution in [3.05, 3.63) is 106 Å². The molecule has 1 amide bonds. The lowest BCUT2D eigenvalue weighted by Crippen LogP contribution is -2.48. The Hall–Kier alpha value is -3.13. The zero-order chi connectivity index (χ0) is 23.8. The summed E-state index contributed by atoms with van der Waals surface area (Å²) in [5.41, 5.74) is 4.11. The third kappa shape index (κ3) is 6.70. The van der Waals surface area contributed by atoms with Gasteiger partial charge in [0.1, 0.15) is 0 Å². The SMILES string of the molecule is N#Cc1cccc(CN2CCC(N(CCc3ccccc3)C(=O)Cc3ccc(Cl)cc3)CC2)c1. The molecule has 174 valence electrons. The number of hydrogen-bond acceptors (Lipinski definition) is 3. The van der Waals surface area contributed by atoms with Gasteiger partial charge in [-0.05, 0) is 60.2 Å². The third-order valence-electron chi connectivity index (χ3n) is 6.53. The van der Waals surface area contributed by atoms with Crippen molar-refractivity contribution in [3.63, 3.8) is 0 Å². The van der Waals surface area contributed by atoms with Crippen LogP contribution in [0.15, 0.2) is 78.9 Å². The molecule has 5 heteroatoms. The van der Waals surface area contributed by atoms with Crippen LogP contribution in [0.25, 0.3) is 0 Å². The summed E-state index contributed by atoms with van der Waals surface area (Å²) < 4.78 is 0. The second-order valence-electron chi connectivity index (χ2n) is 8.95. The monoisotopic (exact) mass is 471 g/mol. The highest BCUT2D eigenvalue weighted by Gasteiger charge is 2.28. The summed E-state index contributed by atoms with van der Waals surface area (Å²) in [5, 5.41) is 9.85. The van der Waals surface area contributed by atoms with Gasteiger partial charge >= 0.3 is 0 Å². The number of benzene rings is 3. The van der Waals surface area contributed by atoms with Gasteiger partial charge in [-0.2, -0.15) is 5.26 Å². The molecule has 4 rings (SSSR count). The topological polar surface area (TPSA) is 47.3 Å². The predicted octanol–water partition coefficient (Wildman–Crippen LogP) is 5.49. The molecule has 1 aliphatic rings. The van der Waals surface area contributed by atoms with E-state index >= 15 is 0 Å². The van der Waals surface area contributed by atoms with Crippen molar-refractivity contribution in [1.82, 2.24) is 9.80 Å². The maximum atomic E-state index is 13.4. The maximum absolute atomic E-state index is 13.4. The molecule has 34 heavy (non-hydrogen) atoms. The second kappa shape index (κ2) is 11.8. The number of likely N-dealkylation sites (tertiary alicyclic amines) is 1. The van der Waals surface area contributed by atoms with Crippen LogP contribution in [0.2, 0.25) is 5.02 Å². The Bertz CT molecular complexity index is 1120. The molecule has 0 saturated carbocycles. The van der Waals surface area contributed by atoms with Gasteiger partial charge in [0.2, 0.25) is 5.91 Å². The van der Waals surface area contributed by atoms with Gasteiger partial charge in [0.25, 0.3) is 0 Å². The Balaban J connectivity index is 1.40. The lowest BCUT2D eigenvalue weighted by atomic mass is 10.00. The minimum absolute atomic E-state index is 0.179. The normalized spacial score (nSPS) is 14.5. The summed E-state index contributed by atoms with van der Waals surface area (Å²) in [5.74, 6) is 0.179. The fourth-order valence-corrected chi connectivity index (χ4v) is 4.80. The van der Waals surface area contributed by atoms with E-state index in [2.05, 4.69) is 46.2 Å². The van der Waals surface area contributed by atoms with E-state index in [4.69, 9.17) is 16.9 Å². The molecule has 0 N–H and O–H groups in total. The maximum Gasteiger partial charge on any atom is 0.227 e. The molecule has 4 nitrogen and oxygen atoms in total. The minimum atomic E-state index is 0.179. The number of hydrogen-bond donors (Lipinski definition) is 0. The van der Waals surface area contributed by atoms with E-state index in [0.717, 1.165) is 56.6 Å². The number of nitriles is 1. The first-order chi connectivity index (χ1) is 16.6. The minimum Gasteiger partial charge on any atom is -0.339 e. The first-order valence-corrected chi connectivity index (χ1v) is 12.3. The number of carbonyl (C=O) groups is 1. The van der Waals surface area contributed by atoms with E-state index in [1.807, 2.05) is 48.5 Å². The van der Waals surface area contributed by atoms with E-state index in [9.17, 15) is 4.79 Å². The summed E-state index contributed by atoms with van der Waals surface area (Å²) in [6, 6.07) is 28.2. The lowest BCUT2D eigenvalue weighted by Gasteiger charge is -2.39. The molecule has 0 radical (unpaired) electrons. The van der Waals surface area contributed by atoms with E-state index in [1.165, 1.54) is 5.56 Å². The van der Waals surface area contributed by atoms with Gasteiger partial charge in [-0.3, -0.25) is 9.69 Å². The quantitative estimate of drug-likeness (QED) is 0.436. The van der Waals surface area contributed by atoms with Crippen molar-refractivity contribution < 1.29 is 4.79 Å². The van der Waals surface area contributed by atoms with E-state index in [0.29, 0.717) is 17.0 Å². The molecule has 3 aromatic rings. The van der Waals surface area contributed by atoms with Crippen molar-refractivity contribution in [2.75, 3.05) is 19.6 Å². The number of amides is 1. The molecule has 1 heterocycles. The van der Waals surface area contributed by atoms with Crippen molar-refractivity contribution in [2.24, 2.45) is 0 Å². The van der Waals surface area contributed by atoms with Crippen molar-refractivity contribution >= 4 is 17.5 Å². The molecule has 0 atom stereocenters. The van der Waals surface area contributed by atoms with E-state index in [-0.39, 0.29) is 11.9 Å². The van der Waals surface area contributed by atoms with Crippen LogP contribution in [-0.4, -0.2) is 41.4 Å². The second-order valence-corrected chi connectivity index (χ2v) is 9.38. The van der Waals surface area contributed by atoms with Crippen LogP contribution < -0.4 is 0 Å². The Morgan fingerprint density at radius 2 is 1.65 bits per heavy atom. The summed E-state index contributed by atoms with van der Waals surface area (Å²) in [6.07, 6.45) is 3.17. The summed E-state index contributed by atoms with van der Waals surface area (Å²) >= 11 is 6.02. The van der Waals surface area contributed by atoms with Gasteiger partial charge in [0, 0.05) is 37.2 Å². The number of rotatable bonds is 8. The van der Waals surface area contributed by atoms with Crippen molar-refractivity contribution in [2.45, 2.75) is 38.3 Å². The largest absolute Gasteiger partial charge is 0.339 e. The smallest absolute Gasteiger partial charge is 0.227 e. The highest BCUT2D eigenvalue weighted by atomic mass is 35.5. The van der Waals surface area contributed by atoms with E-state index < -0.39 is 0 Å². The standard InChI is InChI=1S/C29H30ClN3O/c30-27-11-9-24(10-12-27)20-29(34)33(18-13-23-5-2-1-3-6-23)28-14-16-32(17-15-28)22-26-8-4-7-25(19-26)21-31/h1-12,19,28H,13-18,20,22H2. The molecule has 1 aliphatic heterocycles. The highest BCUT2D eigenvalue weighted by molar-refractivity contribution is 6.30. The Labute approximate surface area is 207 Å². The van der Waals surface area contributed by atoms with Crippen LogP contribution in [-0.2, 0) is 24.2 Å². The average molecular weight is 472 g/mol. The van der Waals surface area contributed by atoms with Gasteiger partial charge in [-0.25, -0.2) is 0 Å². The number of piperidine rings is 1. The molecule has 0 unspecified atom stereocenters. The van der Waals surface area contributed by atoms with Crippen LogP contribution in [0.3, 0.4) is 0 Å². The molecule has 3 aromatic carbocycles. The van der Waals surface area contributed by atoms with Crippen molar-refractivity contribution in [1.29, 1.82) is 5.26 Å². The Kier molecular flexibility index (Phi) is 8.36. The molecule has 1 fully saturated rings. The van der Waals surface area contributed by atoms with Gasteiger partial charge in [0.05, 0.1) is 18.1 Å². The summed E-state index contributed by atoms with van der Waals surface area (Å²) in [7, 11) is 0. The fraction of sp³-hybridized carbons (Fsp3) is 0.310. The molecular weight excluding hydrogens is 442 g/mol. The van der Waals surface area contributed by atoms with Gasteiger partial charge in [-0.15, -0.1) is 0 Å². The zero-order valence-corrected chi connectivity index (χ0v) is 20.1. The molecular formula is C29H30ClN3O. The molecule has 0 aliphatic carbocycles. The van der Waals surface area contributed by atoms with Gasteiger partial charge < -0.3 is 4.90 Å². The molecule has 0 aromatic heterocycles. The average Bonchev–Trinajstić information content (AvgIpc) is 2.87. The Morgan fingerprint density at radius 1 is 0.941 bits per heavy atom. The Morgan fingerprint density at radius 3 is 2.35 bits per heavy atom. The van der Waals surface area contributed by atoms with Crippen LogP contribution in [0.5, 0.6) is 0 Å². The number of carbonyl (C=O) groups excluding carboxylic acids is 1. The molecule has 1 saturated heterocycles. The summed E-state index contributed by atoms with van der Waals surface area (Å²) in [6.45, 7) is 3.45. The third-order valence-corrected chi connectivity index (χ3v) is 6.79. The lowest BCUT2D eigenvalue weighted by molar-refractivity contribution is -0.133. The van der Waals surface area contributed by atoms with Crippen molar-refractivity contribution in [3.8, 4) is 6.07 Å². The number of nitrogens with zero attached hydrogens (tertiary/aromatic N) is 3. The summed E-state index contributed by atoms with van der Waals surface area (Å²) in [4.78, 5) is 17.9. The molecule has 0 spiro atoms. The van der Waals surface area contributed by atoms with Crippen LogP contribution in [0, 0.1) is 11.3 Å². The fourth-order valence-electron chi connectivity index (χ4n) is 4.67. The first kappa shape index (κ1) is 24.0. The van der Waals surface area contributed by atoms with Crippen LogP contribution in [0.1, 0.15) is 35.1 Å². The van der Waals surface area contributed by atoms with Crippen LogP contribution >= 0.6 is 11.6 Å². The zero-order valence-electron chi connectivity index (χ0n) is 19.4. The molecule has 0 bridgehead atoms. The predicted molar refractivity (Wildman–Crippen MR) is 136 cm³/mol. The first-order valence-electron chi connectivity index (χ1n) is 11.9. The van der Waals surface area contributed by atoms with Gasteiger partial charge in [0.15, 0.2) is 0 Å². The van der Waals surface area contributed by atoms with E-state index in [1.54, 1.807) is 0 Å². The number of halogens is 1. The van der Waals surface area contributed by atoms with Crippen LogP contribution in [0.4, 0.5) is 0 Å². The van der Waals surface area contributed by atoms with Gasteiger partial charge in [-0.1, -0.05) is 66.2 Å².